The Bertz CT molecular complexity index is 606. The third kappa shape index (κ3) is 2.43. The third-order valence-electron chi connectivity index (χ3n) is 3.47. The van der Waals surface area contributed by atoms with Crippen LogP contribution in [-0.4, -0.2) is 12.9 Å². The molecule has 2 nitrogen and oxygen atoms in total. The number of rotatable bonds is 4. The van der Waals surface area contributed by atoms with E-state index >= 15 is 0 Å². The third-order valence-corrected chi connectivity index (χ3v) is 4.50. The van der Waals surface area contributed by atoms with E-state index in [1.54, 1.807) is 7.11 Å². The summed E-state index contributed by atoms with van der Waals surface area (Å²) in [6.07, 6.45) is 2.57. The number of carbonyl (C=O) groups excluding carboxylic acids is 1. The van der Waals surface area contributed by atoms with Gasteiger partial charge in [-0.25, -0.2) is 0 Å². The summed E-state index contributed by atoms with van der Waals surface area (Å²) in [5.74, 6) is 1.46. The number of aryl methyl sites for hydroxylation is 1. The molecule has 3 rings (SSSR count). The maximum atomic E-state index is 12.5. The maximum Gasteiger partial charge on any atom is 0.206 e. The molecular weight excluding hydrogens is 256 g/mol. The number of hydrogen-bond acceptors (Lipinski definition) is 3. The molecule has 1 aromatic carbocycles. The van der Waals surface area contributed by atoms with Crippen LogP contribution in [0.25, 0.3) is 0 Å². The Hall–Kier alpha value is -1.61. The van der Waals surface area contributed by atoms with E-state index in [-0.39, 0.29) is 5.78 Å². The zero-order chi connectivity index (χ0) is 13.4. The van der Waals surface area contributed by atoms with E-state index in [4.69, 9.17) is 4.74 Å². The Morgan fingerprint density at radius 1 is 1.26 bits per heavy atom. The van der Waals surface area contributed by atoms with Gasteiger partial charge in [-0.15, -0.1) is 11.3 Å². The zero-order valence-corrected chi connectivity index (χ0v) is 11.9. The van der Waals surface area contributed by atoms with Crippen LogP contribution in [0.1, 0.15) is 44.4 Å². The van der Waals surface area contributed by atoms with Crippen LogP contribution in [0.5, 0.6) is 5.75 Å². The Labute approximate surface area is 117 Å². The van der Waals surface area contributed by atoms with Crippen LogP contribution >= 0.6 is 11.3 Å². The molecule has 0 N–H and O–H groups in total. The number of hydrogen-bond donors (Lipinski definition) is 0. The van der Waals surface area contributed by atoms with E-state index < -0.39 is 0 Å². The van der Waals surface area contributed by atoms with Crippen LogP contribution < -0.4 is 4.74 Å². The van der Waals surface area contributed by atoms with Crippen molar-refractivity contribution in [2.75, 3.05) is 7.11 Å². The minimum Gasteiger partial charge on any atom is -0.495 e. The van der Waals surface area contributed by atoms with Crippen molar-refractivity contribution in [3.63, 3.8) is 0 Å². The van der Waals surface area contributed by atoms with Gasteiger partial charge in [-0.2, -0.15) is 0 Å². The Morgan fingerprint density at radius 2 is 1.95 bits per heavy atom. The summed E-state index contributed by atoms with van der Waals surface area (Å²) in [6.45, 7) is 1.99. The van der Waals surface area contributed by atoms with E-state index in [0.717, 1.165) is 16.4 Å². The second-order valence-corrected chi connectivity index (χ2v) is 6.24. The van der Waals surface area contributed by atoms with Crippen LogP contribution in [-0.2, 0) is 0 Å². The molecule has 1 aromatic heterocycles. The first kappa shape index (κ1) is 12.4. The molecule has 1 fully saturated rings. The predicted molar refractivity (Wildman–Crippen MR) is 77.5 cm³/mol. The number of benzene rings is 1. The molecule has 19 heavy (non-hydrogen) atoms. The summed E-state index contributed by atoms with van der Waals surface area (Å²) < 4.78 is 5.27. The lowest BCUT2D eigenvalue weighted by Crippen LogP contribution is -2.00. The van der Waals surface area contributed by atoms with Gasteiger partial charge in [-0.3, -0.25) is 4.79 Å². The molecule has 0 amide bonds. The van der Waals surface area contributed by atoms with E-state index in [1.165, 1.54) is 29.7 Å². The molecule has 1 saturated carbocycles. The van der Waals surface area contributed by atoms with Gasteiger partial charge in [-0.05, 0) is 37.3 Å². The Balaban J connectivity index is 1.89. The minimum atomic E-state index is 0.0531. The molecule has 1 aliphatic carbocycles. The van der Waals surface area contributed by atoms with Crippen LogP contribution in [0.4, 0.5) is 0 Å². The zero-order valence-electron chi connectivity index (χ0n) is 11.1. The fourth-order valence-electron chi connectivity index (χ4n) is 2.26. The molecular formula is C16H16O2S. The van der Waals surface area contributed by atoms with Crippen molar-refractivity contribution in [3.8, 4) is 5.75 Å². The summed E-state index contributed by atoms with van der Waals surface area (Å²) in [7, 11) is 1.61. The summed E-state index contributed by atoms with van der Waals surface area (Å²) in [5, 5.41) is 0. The van der Waals surface area contributed by atoms with Gasteiger partial charge in [0, 0.05) is 10.4 Å². The molecule has 1 heterocycles. The molecule has 3 heteroatoms. The lowest BCUT2D eigenvalue weighted by molar-refractivity contribution is 0.104. The van der Waals surface area contributed by atoms with Gasteiger partial charge >= 0.3 is 0 Å². The molecule has 2 aromatic rings. The average Bonchev–Trinajstić information content (AvgIpc) is 3.21. The van der Waals surface area contributed by atoms with Gasteiger partial charge in [0.1, 0.15) is 10.6 Å². The fourth-order valence-corrected chi connectivity index (χ4v) is 3.20. The minimum absolute atomic E-state index is 0.0531. The number of ether oxygens (including phenoxy) is 1. The molecule has 98 valence electrons. The van der Waals surface area contributed by atoms with Crippen LogP contribution in [0.2, 0.25) is 0 Å². The lowest BCUT2D eigenvalue weighted by Gasteiger charge is -2.03. The van der Waals surface area contributed by atoms with Crippen LogP contribution in [0.3, 0.4) is 0 Å². The number of carbonyl (C=O) groups is 1. The highest BCUT2D eigenvalue weighted by atomic mass is 32.1. The van der Waals surface area contributed by atoms with E-state index in [9.17, 15) is 4.79 Å². The smallest absolute Gasteiger partial charge is 0.206 e. The highest BCUT2D eigenvalue weighted by Crippen LogP contribution is 2.40. The Morgan fingerprint density at radius 3 is 2.53 bits per heavy atom. The van der Waals surface area contributed by atoms with Crippen molar-refractivity contribution in [1.82, 2.24) is 0 Å². The fraction of sp³-hybridized carbons (Fsp3) is 0.312. The first-order valence-electron chi connectivity index (χ1n) is 6.48. The highest BCUT2D eigenvalue weighted by Gasteiger charge is 2.24. The molecule has 0 radical (unpaired) electrons. The van der Waals surface area contributed by atoms with Gasteiger partial charge < -0.3 is 4.74 Å². The van der Waals surface area contributed by atoms with E-state index in [0.29, 0.717) is 10.6 Å². The van der Waals surface area contributed by atoms with Gasteiger partial charge in [0.2, 0.25) is 5.78 Å². The molecule has 0 bridgehead atoms. The number of thiophene rings is 1. The predicted octanol–water partition coefficient (Wildman–Crippen LogP) is 4.17. The van der Waals surface area contributed by atoms with Crippen molar-refractivity contribution >= 4 is 17.1 Å². The van der Waals surface area contributed by atoms with Crippen molar-refractivity contribution < 1.29 is 9.53 Å². The first-order valence-corrected chi connectivity index (χ1v) is 7.30. The SMILES string of the molecule is COc1cc(C)sc1C(=O)c1ccc(C2CC2)cc1. The monoisotopic (exact) mass is 272 g/mol. The summed E-state index contributed by atoms with van der Waals surface area (Å²) in [5.41, 5.74) is 2.09. The van der Waals surface area contributed by atoms with E-state index in [2.05, 4.69) is 12.1 Å². The van der Waals surface area contributed by atoms with Crippen molar-refractivity contribution in [2.24, 2.45) is 0 Å². The maximum absolute atomic E-state index is 12.5. The van der Waals surface area contributed by atoms with Gasteiger partial charge in [0.15, 0.2) is 0 Å². The standard InChI is InChI=1S/C16H16O2S/c1-10-9-14(18-2)16(19-10)15(17)13-7-5-12(6-8-13)11-3-4-11/h5-9,11H,3-4H2,1-2H3. The first-order chi connectivity index (χ1) is 9.19. The molecule has 0 aliphatic heterocycles. The Kier molecular flexibility index (Phi) is 3.15. The highest BCUT2D eigenvalue weighted by molar-refractivity contribution is 7.14. The molecule has 0 atom stereocenters. The normalized spacial score (nSPS) is 14.4. The van der Waals surface area contributed by atoms with E-state index in [1.807, 2.05) is 25.1 Å². The van der Waals surface area contributed by atoms with Gasteiger partial charge in [-0.1, -0.05) is 24.3 Å². The number of methoxy groups -OCH3 is 1. The molecule has 1 aliphatic rings. The quantitative estimate of drug-likeness (QED) is 0.781. The summed E-state index contributed by atoms with van der Waals surface area (Å²) >= 11 is 1.49. The average molecular weight is 272 g/mol. The van der Waals surface area contributed by atoms with Crippen molar-refractivity contribution in [1.29, 1.82) is 0 Å². The lowest BCUT2D eigenvalue weighted by atomic mass is 10.0. The van der Waals surface area contributed by atoms with Crippen LogP contribution in [0.15, 0.2) is 30.3 Å². The number of ketones is 1. The topological polar surface area (TPSA) is 26.3 Å². The van der Waals surface area contributed by atoms with Gasteiger partial charge in [0.05, 0.1) is 7.11 Å². The summed E-state index contributed by atoms with van der Waals surface area (Å²) in [6, 6.07) is 9.95. The van der Waals surface area contributed by atoms with Gasteiger partial charge in [0.25, 0.3) is 0 Å². The second-order valence-electron chi connectivity index (χ2n) is 4.98. The van der Waals surface area contributed by atoms with Crippen LogP contribution in [0, 0.1) is 6.92 Å². The second kappa shape index (κ2) is 4.82. The molecule has 0 spiro atoms. The summed E-state index contributed by atoms with van der Waals surface area (Å²) in [4.78, 5) is 14.3. The van der Waals surface area contributed by atoms with Crippen molar-refractivity contribution in [2.45, 2.75) is 25.7 Å². The molecule has 0 unspecified atom stereocenters. The largest absolute Gasteiger partial charge is 0.495 e. The van der Waals surface area contributed by atoms with Crippen molar-refractivity contribution in [3.05, 3.63) is 51.2 Å². The molecule has 0 saturated heterocycles.